The van der Waals surface area contributed by atoms with Crippen molar-refractivity contribution in [3.8, 4) is 11.5 Å². The number of amides is 2. The highest BCUT2D eigenvalue weighted by Gasteiger charge is 2.44. The summed E-state index contributed by atoms with van der Waals surface area (Å²) in [7, 11) is 3.30. The first-order valence-corrected chi connectivity index (χ1v) is 13.3. The minimum absolute atomic E-state index is 0.0192. The maximum atomic E-state index is 13.5. The number of hydrogen-bond donors (Lipinski definition) is 0. The van der Waals surface area contributed by atoms with Crippen LogP contribution in [0.3, 0.4) is 0 Å². The first-order chi connectivity index (χ1) is 18.0. The second-order valence-electron chi connectivity index (χ2n) is 10.8. The molecule has 7 heteroatoms. The molecule has 7 nitrogen and oxygen atoms in total. The van der Waals surface area contributed by atoms with Gasteiger partial charge in [-0.25, -0.2) is 0 Å². The molecule has 2 aromatic carbocycles. The molecule has 0 N–H and O–H groups in total. The van der Waals surface area contributed by atoms with Crippen molar-refractivity contribution in [2.45, 2.75) is 38.5 Å². The Hall–Kier alpha value is -3.48. The molecule has 1 unspecified atom stereocenters. The van der Waals surface area contributed by atoms with Crippen LogP contribution in [0.5, 0.6) is 11.5 Å². The van der Waals surface area contributed by atoms with E-state index in [0.29, 0.717) is 30.2 Å². The highest BCUT2D eigenvalue weighted by atomic mass is 16.5. The van der Waals surface area contributed by atoms with Gasteiger partial charge < -0.3 is 23.7 Å². The van der Waals surface area contributed by atoms with Gasteiger partial charge in [-0.15, -0.1) is 0 Å². The molecule has 2 amide bonds. The lowest BCUT2D eigenvalue weighted by molar-refractivity contribution is -0.135. The predicted octanol–water partition coefficient (Wildman–Crippen LogP) is 4.71. The molecular formula is C30H34N2O5. The average Bonchev–Trinajstić information content (AvgIpc) is 3.57. The van der Waals surface area contributed by atoms with Crippen LogP contribution >= 0.6 is 0 Å². The summed E-state index contributed by atoms with van der Waals surface area (Å²) in [6.07, 6.45) is 5.40. The van der Waals surface area contributed by atoms with Gasteiger partial charge in [0.25, 0.3) is 5.91 Å². The first-order valence-electron chi connectivity index (χ1n) is 13.3. The fourth-order valence-electron chi connectivity index (χ4n) is 6.59. The van der Waals surface area contributed by atoms with Gasteiger partial charge in [0.05, 0.1) is 14.2 Å². The van der Waals surface area contributed by atoms with Crippen LogP contribution < -0.4 is 9.47 Å². The molecule has 3 heterocycles. The minimum Gasteiger partial charge on any atom is -0.496 e. The van der Waals surface area contributed by atoms with Gasteiger partial charge in [0.2, 0.25) is 5.91 Å². The van der Waals surface area contributed by atoms with Gasteiger partial charge in [-0.3, -0.25) is 9.59 Å². The fourth-order valence-corrected chi connectivity index (χ4v) is 6.59. The van der Waals surface area contributed by atoms with Crippen LogP contribution in [-0.4, -0.2) is 62.0 Å². The van der Waals surface area contributed by atoms with Crippen LogP contribution in [-0.2, 0) is 17.6 Å². The molecule has 0 saturated carbocycles. The maximum Gasteiger partial charge on any atom is 0.289 e. The lowest BCUT2D eigenvalue weighted by atomic mass is 9.77. The fraction of sp³-hybridized carbons (Fsp3) is 0.467. The number of carbonyl (C=O) groups excluding carboxylic acids is 2. The van der Waals surface area contributed by atoms with E-state index in [9.17, 15) is 9.59 Å². The number of likely N-dealkylation sites (tertiary alicyclic amines) is 2. The van der Waals surface area contributed by atoms with Crippen molar-refractivity contribution < 1.29 is 23.5 Å². The van der Waals surface area contributed by atoms with Crippen LogP contribution in [0.25, 0.3) is 11.0 Å². The molecule has 0 radical (unpaired) electrons. The molecule has 2 fully saturated rings. The van der Waals surface area contributed by atoms with E-state index in [1.165, 1.54) is 11.1 Å². The van der Waals surface area contributed by atoms with Gasteiger partial charge >= 0.3 is 0 Å². The van der Waals surface area contributed by atoms with Gasteiger partial charge in [-0.05, 0) is 73.3 Å². The molecule has 2 aliphatic heterocycles. The van der Waals surface area contributed by atoms with Gasteiger partial charge in [0.15, 0.2) is 17.1 Å². The van der Waals surface area contributed by atoms with Crippen molar-refractivity contribution in [3.05, 3.63) is 59.4 Å². The van der Waals surface area contributed by atoms with Crippen LogP contribution in [0.2, 0.25) is 0 Å². The number of para-hydroxylation sites is 1. The summed E-state index contributed by atoms with van der Waals surface area (Å²) in [5.41, 5.74) is 3.21. The zero-order valence-corrected chi connectivity index (χ0v) is 21.6. The number of ether oxygens (including phenoxy) is 2. The molecular weight excluding hydrogens is 468 g/mol. The number of aryl methyl sites for hydroxylation is 1. The monoisotopic (exact) mass is 502 g/mol. The number of hydrogen-bond acceptors (Lipinski definition) is 5. The standard InChI is InChI=1S/C30H34N2O5/c1-35-24-7-3-5-20-9-10-22(17-23(20)24)28(33)32-16-13-30(19-32)11-14-31(15-12-30)29(34)26-18-21-6-4-8-25(36-2)27(21)37-26/h3-8,18,22H,9-17,19H2,1-2H3. The number of piperidine rings is 1. The van der Waals surface area contributed by atoms with Crippen LogP contribution in [0.1, 0.15) is 47.4 Å². The number of furan rings is 1. The Labute approximate surface area is 217 Å². The highest BCUT2D eigenvalue weighted by molar-refractivity contribution is 5.97. The van der Waals surface area contributed by atoms with Crippen LogP contribution in [0.15, 0.2) is 46.9 Å². The summed E-state index contributed by atoms with van der Waals surface area (Å²) in [6.45, 7) is 2.97. The van der Waals surface area contributed by atoms with Gasteiger partial charge in [-0.2, -0.15) is 0 Å². The number of methoxy groups -OCH3 is 2. The normalized spacial score (nSPS) is 20.8. The van der Waals surface area contributed by atoms with Crippen molar-refractivity contribution in [1.82, 2.24) is 9.80 Å². The van der Waals surface area contributed by atoms with Crippen molar-refractivity contribution in [1.29, 1.82) is 0 Å². The summed E-state index contributed by atoms with van der Waals surface area (Å²) in [6, 6.07) is 13.6. The number of benzene rings is 2. The second-order valence-corrected chi connectivity index (χ2v) is 10.8. The third-order valence-electron chi connectivity index (χ3n) is 8.81. The Morgan fingerprint density at radius 3 is 2.41 bits per heavy atom. The molecule has 1 atom stereocenters. The zero-order chi connectivity index (χ0) is 25.6. The van der Waals surface area contributed by atoms with Crippen LogP contribution in [0, 0.1) is 11.3 Å². The third-order valence-corrected chi connectivity index (χ3v) is 8.81. The van der Waals surface area contributed by atoms with Crippen molar-refractivity contribution in [2.75, 3.05) is 40.4 Å². The summed E-state index contributed by atoms with van der Waals surface area (Å²) < 4.78 is 16.9. The predicted molar refractivity (Wildman–Crippen MR) is 140 cm³/mol. The SMILES string of the molecule is COc1cccc2c1CC(C(=O)N1CCC3(CCN(C(=O)c4cc5cccc(OC)c5o4)CC3)C1)CC2. The smallest absolute Gasteiger partial charge is 0.289 e. The van der Waals surface area contributed by atoms with E-state index in [2.05, 4.69) is 11.0 Å². The lowest BCUT2D eigenvalue weighted by Crippen LogP contribution is -2.45. The van der Waals surface area contributed by atoms with E-state index < -0.39 is 0 Å². The van der Waals surface area contributed by atoms with Crippen LogP contribution in [0.4, 0.5) is 0 Å². The van der Waals surface area contributed by atoms with E-state index in [1.54, 1.807) is 20.3 Å². The van der Waals surface area contributed by atoms with E-state index >= 15 is 0 Å². The molecule has 194 valence electrons. The summed E-state index contributed by atoms with van der Waals surface area (Å²) in [4.78, 5) is 30.7. The molecule has 3 aliphatic rings. The second kappa shape index (κ2) is 9.43. The van der Waals surface area contributed by atoms with E-state index in [4.69, 9.17) is 13.9 Å². The van der Waals surface area contributed by atoms with E-state index in [1.807, 2.05) is 35.2 Å². The quantitative estimate of drug-likeness (QED) is 0.517. The van der Waals surface area contributed by atoms with Crippen molar-refractivity contribution >= 4 is 22.8 Å². The Kier molecular flexibility index (Phi) is 6.09. The molecule has 1 spiro atoms. The first kappa shape index (κ1) is 23.9. The summed E-state index contributed by atoms with van der Waals surface area (Å²) >= 11 is 0. The molecule has 0 bridgehead atoms. The Bertz CT molecular complexity index is 1320. The van der Waals surface area contributed by atoms with E-state index in [-0.39, 0.29) is 23.1 Å². The molecule has 37 heavy (non-hydrogen) atoms. The molecule has 1 aromatic heterocycles. The van der Waals surface area contributed by atoms with Gasteiger partial charge in [-0.1, -0.05) is 24.3 Å². The number of carbonyl (C=O) groups is 2. The maximum absolute atomic E-state index is 13.5. The van der Waals surface area contributed by atoms with Gasteiger partial charge in [0, 0.05) is 37.5 Å². The van der Waals surface area contributed by atoms with Crippen molar-refractivity contribution in [3.63, 3.8) is 0 Å². The summed E-state index contributed by atoms with van der Waals surface area (Å²) in [5.74, 6) is 2.10. The number of rotatable bonds is 4. The Morgan fingerprint density at radius 2 is 1.65 bits per heavy atom. The third kappa shape index (κ3) is 4.24. The Balaban J connectivity index is 1.08. The molecule has 6 rings (SSSR count). The average molecular weight is 503 g/mol. The topological polar surface area (TPSA) is 72.2 Å². The van der Waals surface area contributed by atoms with E-state index in [0.717, 1.165) is 62.8 Å². The molecule has 2 saturated heterocycles. The Morgan fingerprint density at radius 1 is 0.946 bits per heavy atom. The minimum atomic E-state index is -0.0751. The summed E-state index contributed by atoms with van der Waals surface area (Å²) in [5, 5.41) is 0.865. The zero-order valence-electron chi connectivity index (χ0n) is 21.6. The molecule has 1 aliphatic carbocycles. The van der Waals surface area contributed by atoms with Gasteiger partial charge in [0.1, 0.15) is 5.75 Å². The highest BCUT2D eigenvalue weighted by Crippen LogP contribution is 2.42. The largest absolute Gasteiger partial charge is 0.496 e. The van der Waals surface area contributed by atoms with Crippen molar-refractivity contribution in [2.24, 2.45) is 11.3 Å². The number of nitrogens with zero attached hydrogens (tertiary/aromatic N) is 2. The molecule has 3 aromatic rings. The number of fused-ring (bicyclic) bond motifs is 2. The lowest BCUT2D eigenvalue weighted by Gasteiger charge is -2.39.